The van der Waals surface area contributed by atoms with E-state index in [4.69, 9.17) is 0 Å². The van der Waals surface area contributed by atoms with Crippen LogP contribution in [0.4, 0.5) is 0 Å². The molecule has 1 aromatic carbocycles. The molecule has 4 rings (SSSR count). The van der Waals surface area contributed by atoms with Crippen molar-refractivity contribution in [3.8, 4) is 0 Å². The van der Waals surface area contributed by atoms with E-state index in [0.717, 1.165) is 49.1 Å². The topological polar surface area (TPSA) is 39.3 Å². The van der Waals surface area contributed by atoms with Crippen molar-refractivity contribution in [2.24, 2.45) is 0 Å². The number of thiophene rings is 1. The van der Waals surface area contributed by atoms with Gasteiger partial charge in [-0.05, 0) is 61.8 Å². The number of fused-ring (bicyclic) bond motifs is 1. The van der Waals surface area contributed by atoms with E-state index in [1.54, 1.807) is 11.3 Å². The van der Waals surface area contributed by atoms with Gasteiger partial charge in [0.2, 0.25) is 0 Å². The SMILES string of the molecule is CN(C(=O)c1cc2sccc2[nH]1)C1CCCN(CCCc2ccccc2)C1. The van der Waals surface area contributed by atoms with Crippen molar-refractivity contribution >= 4 is 27.5 Å². The zero-order chi connectivity index (χ0) is 18.6. The zero-order valence-corrected chi connectivity index (χ0v) is 16.7. The van der Waals surface area contributed by atoms with Gasteiger partial charge in [-0.3, -0.25) is 4.79 Å². The number of carbonyl (C=O) groups excluding carboxylic acids is 1. The van der Waals surface area contributed by atoms with Crippen LogP contribution in [0.3, 0.4) is 0 Å². The van der Waals surface area contributed by atoms with Gasteiger partial charge in [0.1, 0.15) is 5.69 Å². The van der Waals surface area contributed by atoms with E-state index in [2.05, 4.69) is 40.2 Å². The van der Waals surface area contributed by atoms with E-state index >= 15 is 0 Å². The highest BCUT2D eigenvalue weighted by atomic mass is 32.1. The summed E-state index contributed by atoms with van der Waals surface area (Å²) in [5, 5.41) is 2.05. The quantitative estimate of drug-likeness (QED) is 0.687. The van der Waals surface area contributed by atoms with Gasteiger partial charge in [0.25, 0.3) is 5.91 Å². The molecule has 1 aliphatic rings. The maximum Gasteiger partial charge on any atom is 0.270 e. The summed E-state index contributed by atoms with van der Waals surface area (Å²) in [6.45, 7) is 3.23. The number of rotatable bonds is 6. The number of likely N-dealkylation sites (tertiary alicyclic amines) is 1. The first kappa shape index (κ1) is 18.3. The second-order valence-corrected chi connectivity index (χ2v) is 8.43. The van der Waals surface area contributed by atoms with E-state index < -0.39 is 0 Å². The number of nitrogens with one attached hydrogen (secondary N) is 1. The standard InChI is InChI=1S/C22H27N3OS/c1-24(22(26)20-15-21-19(23-20)11-14-27-21)18-10-6-13-25(16-18)12-5-9-17-7-3-2-4-8-17/h2-4,7-8,11,14-15,18,23H,5-6,9-10,12-13,16H2,1H3. The summed E-state index contributed by atoms with van der Waals surface area (Å²) in [6.07, 6.45) is 4.54. The Labute approximate surface area is 164 Å². The van der Waals surface area contributed by atoms with Gasteiger partial charge in [-0.15, -0.1) is 11.3 Å². The molecule has 0 aliphatic carbocycles. The Morgan fingerprint density at radius 1 is 1.30 bits per heavy atom. The molecule has 3 aromatic rings. The van der Waals surface area contributed by atoms with Crippen LogP contribution >= 0.6 is 11.3 Å². The third kappa shape index (κ3) is 4.25. The number of hydrogen-bond donors (Lipinski definition) is 1. The predicted molar refractivity (Wildman–Crippen MR) is 112 cm³/mol. The number of aromatic amines is 1. The van der Waals surface area contributed by atoms with Crippen LogP contribution in [0.1, 0.15) is 35.3 Å². The Bertz CT molecular complexity index is 857. The summed E-state index contributed by atoms with van der Waals surface area (Å²) in [4.78, 5) is 20.6. The monoisotopic (exact) mass is 381 g/mol. The molecular weight excluding hydrogens is 354 g/mol. The summed E-state index contributed by atoms with van der Waals surface area (Å²) >= 11 is 1.67. The molecule has 4 nitrogen and oxygen atoms in total. The van der Waals surface area contributed by atoms with Gasteiger partial charge in [0.15, 0.2) is 0 Å². The smallest absolute Gasteiger partial charge is 0.270 e. The molecule has 1 unspecified atom stereocenters. The second kappa shape index (κ2) is 8.28. The molecule has 0 radical (unpaired) electrons. The number of likely N-dealkylation sites (N-methyl/N-ethyl adjacent to an activating group) is 1. The number of hydrogen-bond acceptors (Lipinski definition) is 3. The van der Waals surface area contributed by atoms with Crippen molar-refractivity contribution in [3.05, 3.63) is 59.1 Å². The first-order valence-electron chi connectivity index (χ1n) is 9.80. The Morgan fingerprint density at radius 2 is 2.15 bits per heavy atom. The van der Waals surface area contributed by atoms with Crippen LogP contribution < -0.4 is 0 Å². The maximum atomic E-state index is 12.9. The van der Waals surface area contributed by atoms with Crippen molar-refractivity contribution in [2.75, 3.05) is 26.7 Å². The van der Waals surface area contributed by atoms with Crippen molar-refractivity contribution in [3.63, 3.8) is 0 Å². The van der Waals surface area contributed by atoms with Crippen LogP contribution in [-0.2, 0) is 6.42 Å². The summed E-state index contributed by atoms with van der Waals surface area (Å²) in [5.74, 6) is 0.106. The first-order chi connectivity index (χ1) is 13.2. The zero-order valence-electron chi connectivity index (χ0n) is 15.9. The third-order valence-corrected chi connectivity index (χ3v) is 6.47. The number of nitrogens with zero attached hydrogens (tertiary/aromatic N) is 2. The van der Waals surface area contributed by atoms with E-state index in [1.165, 1.54) is 12.0 Å². The van der Waals surface area contributed by atoms with Crippen molar-refractivity contribution in [1.82, 2.24) is 14.8 Å². The Balaban J connectivity index is 1.31. The first-order valence-corrected chi connectivity index (χ1v) is 10.7. The van der Waals surface area contributed by atoms with E-state index in [1.807, 2.05) is 29.5 Å². The molecule has 1 saturated heterocycles. The molecule has 0 bridgehead atoms. The molecule has 1 N–H and O–H groups in total. The van der Waals surface area contributed by atoms with Crippen molar-refractivity contribution in [2.45, 2.75) is 31.7 Å². The molecule has 2 aromatic heterocycles. The van der Waals surface area contributed by atoms with Gasteiger partial charge in [-0.25, -0.2) is 0 Å². The number of piperidine rings is 1. The largest absolute Gasteiger partial charge is 0.350 e. The summed E-state index contributed by atoms with van der Waals surface area (Å²) in [6, 6.07) is 15.0. The molecule has 5 heteroatoms. The lowest BCUT2D eigenvalue weighted by atomic mass is 10.0. The van der Waals surface area contributed by atoms with Crippen LogP contribution in [0.2, 0.25) is 0 Å². The molecule has 142 valence electrons. The molecule has 3 heterocycles. The summed E-state index contributed by atoms with van der Waals surface area (Å²) in [7, 11) is 1.95. The lowest BCUT2D eigenvalue weighted by Crippen LogP contribution is -2.48. The molecule has 1 aliphatic heterocycles. The van der Waals surface area contributed by atoms with E-state index in [-0.39, 0.29) is 5.91 Å². The Kier molecular flexibility index (Phi) is 5.60. The Morgan fingerprint density at radius 3 is 2.96 bits per heavy atom. The van der Waals surface area contributed by atoms with Crippen LogP contribution in [0, 0.1) is 0 Å². The second-order valence-electron chi connectivity index (χ2n) is 7.48. The average molecular weight is 382 g/mol. The summed E-state index contributed by atoms with van der Waals surface area (Å²) < 4.78 is 1.15. The van der Waals surface area contributed by atoms with Crippen LogP contribution in [0.15, 0.2) is 47.8 Å². The minimum atomic E-state index is 0.106. The lowest BCUT2D eigenvalue weighted by Gasteiger charge is -2.37. The van der Waals surface area contributed by atoms with Crippen LogP contribution in [0.25, 0.3) is 10.2 Å². The molecule has 1 fully saturated rings. The number of H-pyrrole nitrogens is 1. The van der Waals surface area contributed by atoms with Gasteiger partial charge in [0.05, 0.1) is 10.2 Å². The molecular formula is C22H27N3OS. The predicted octanol–water partition coefficient (Wildman–Crippen LogP) is 4.40. The maximum absolute atomic E-state index is 12.9. The van der Waals surface area contributed by atoms with Crippen LogP contribution in [0.5, 0.6) is 0 Å². The molecule has 1 amide bonds. The minimum Gasteiger partial charge on any atom is -0.350 e. The molecule has 0 spiro atoms. The number of carbonyl (C=O) groups is 1. The average Bonchev–Trinajstić information content (AvgIpc) is 3.30. The number of aromatic nitrogens is 1. The lowest BCUT2D eigenvalue weighted by molar-refractivity contribution is 0.0612. The normalized spacial score (nSPS) is 18.0. The fraction of sp³-hybridized carbons (Fsp3) is 0.409. The van der Waals surface area contributed by atoms with Gasteiger partial charge in [-0.2, -0.15) is 0 Å². The summed E-state index contributed by atoms with van der Waals surface area (Å²) in [5.41, 5.74) is 3.17. The number of amides is 1. The number of benzene rings is 1. The highest BCUT2D eigenvalue weighted by Crippen LogP contribution is 2.23. The van der Waals surface area contributed by atoms with Gasteiger partial charge in [0, 0.05) is 19.6 Å². The Hall–Kier alpha value is -2.11. The molecule has 1 atom stereocenters. The van der Waals surface area contributed by atoms with Crippen LogP contribution in [-0.4, -0.2) is 53.4 Å². The van der Waals surface area contributed by atoms with Crippen molar-refractivity contribution in [1.29, 1.82) is 0 Å². The van der Waals surface area contributed by atoms with Gasteiger partial charge < -0.3 is 14.8 Å². The van der Waals surface area contributed by atoms with Gasteiger partial charge >= 0.3 is 0 Å². The highest BCUT2D eigenvalue weighted by molar-refractivity contribution is 7.17. The van der Waals surface area contributed by atoms with E-state index in [9.17, 15) is 4.79 Å². The third-order valence-electron chi connectivity index (χ3n) is 5.60. The minimum absolute atomic E-state index is 0.106. The van der Waals surface area contributed by atoms with Crippen molar-refractivity contribution < 1.29 is 4.79 Å². The fourth-order valence-corrected chi connectivity index (χ4v) is 4.80. The number of aryl methyl sites for hydroxylation is 1. The molecule has 27 heavy (non-hydrogen) atoms. The highest BCUT2D eigenvalue weighted by Gasteiger charge is 2.27. The fourth-order valence-electron chi connectivity index (χ4n) is 4.02. The van der Waals surface area contributed by atoms with Gasteiger partial charge in [-0.1, -0.05) is 30.3 Å². The van der Waals surface area contributed by atoms with E-state index in [0.29, 0.717) is 11.7 Å². The molecule has 0 saturated carbocycles.